The lowest BCUT2D eigenvalue weighted by Gasteiger charge is -2.38. The van der Waals surface area contributed by atoms with Gasteiger partial charge in [0.15, 0.2) is 0 Å². The van der Waals surface area contributed by atoms with E-state index in [9.17, 15) is 5.11 Å². The number of likely N-dealkylation sites (tertiary alicyclic amines) is 1. The average molecular weight is 198 g/mol. The summed E-state index contributed by atoms with van der Waals surface area (Å²) in [6.45, 7) is 3.13. The van der Waals surface area contributed by atoms with Crippen LogP contribution in [-0.4, -0.2) is 48.3 Å². The maximum absolute atomic E-state index is 10.3. The summed E-state index contributed by atoms with van der Waals surface area (Å²) >= 11 is 0. The van der Waals surface area contributed by atoms with Gasteiger partial charge in [-0.3, -0.25) is 0 Å². The Kier molecular flexibility index (Phi) is 3.10. The van der Waals surface area contributed by atoms with Crippen LogP contribution in [0, 0.1) is 0 Å². The Morgan fingerprint density at radius 2 is 2.00 bits per heavy atom. The van der Waals surface area contributed by atoms with Gasteiger partial charge in [-0.05, 0) is 45.7 Å². The molecule has 1 saturated carbocycles. The number of nitrogens with one attached hydrogen (secondary N) is 1. The quantitative estimate of drug-likeness (QED) is 0.694. The summed E-state index contributed by atoms with van der Waals surface area (Å²) in [4.78, 5) is 2.55. The van der Waals surface area contributed by atoms with E-state index in [-0.39, 0.29) is 5.60 Å². The van der Waals surface area contributed by atoms with Crippen molar-refractivity contribution in [3.8, 4) is 0 Å². The normalized spacial score (nSPS) is 27.9. The molecule has 2 N–H and O–H groups in total. The van der Waals surface area contributed by atoms with Crippen LogP contribution in [0.5, 0.6) is 0 Å². The summed E-state index contributed by atoms with van der Waals surface area (Å²) in [6.07, 6.45) is 5.60. The highest BCUT2D eigenvalue weighted by Gasteiger charge is 2.37. The maximum atomic E-state index is 10.3. The van der Waals surface area contributed by atoms with Crippen LogP contribution in [0.4, 0.5) is 0 Å². The number of aliphatic hydroxyl groups is 1. The van der Waals surface area contributed by atoms with Crippen LogP contribution in [0.25, 0.3) is 0 Å². The van der Waals surface area contributed by atoms with Crippen LogP contribution in [0.3, 0.4) is 0 Å². The van der Waals surface area contributed by atoms with E-state index in [1.165, 1.54) is 12.8 Å². The van der Waals surface area contributed by atoms with Crippen LogP contribution >= 0.6 is 0 Å². The Morgan fingerprint density at radius 3 is 2.50 bits per heavy atom. The first-order chi connectivity index (χ1) is 6.73. The molecule has 2 aliphatic rings. The van der Waals surface area contributed by atoms with Gasteiger partial charge in [0, 0.05) is 19.1 Å². The van der Waals surface area contributed by atoms with Crippen molar-refractivity contribution in [3.63, 3.8) is 0 Å². The molecule has 2 rings (SSSR count). The van der Waals surface area contributed by atoms with Gasteiger partial charge in [0.05, 0.1) is 5.60 Å². The molecule has 0 amide bonds. The van der Waals surface area contributed by atoms with Gasteiger partial charge in [0.25, 0.3) is 0 Å². The zero-order valence-corrected chi connectivity index (χ0v) is 9.13. The molecule has 0 radical (unpaired) electrons. The van der Waals surface area contributed by atoms with Crippen molar-refractivity contribution in [3.05, 3.63) is 0 Å². The van der Waals surface area contributed by atoms with Gasteiger partial charge in [-0.2, -0.15) is 0 Å². The fraction of sp³-hybridized carbons (Fsp3) is 1.00. The smallest absolute Gasteiger partial charge is 0.0684 e. The second-order valence-corrected chi connectivity index (χ2v) is 4.85. The molecule has 3 nitrogen and oxygen atoms in total. The maximum Gasteiger partial charge on any atom is 0.0684 e. The summed E-state index contributed by atoms with van der Waals surface area (Å²) in [6, 6.07) is 0.865. The molecule has 1 saturated heterocycles. The minimum atomic E-state index is -0.381. The van der Waals surface area contributed by atoms with Crippen LogP contribution in [0.15, 0.2) is 0 Å². The highest BCUT2D eigenvalue weighted by Crippen LogP contribution is 2.33. The van der Waals surface area contributed by atoms with E-state index >= 15 is 0 Å². The molecule has 0 unspecified atom stereocenters. The molecule has 0 bridgehead atoms. The lowest BCUT2D eigenvalue weighted by atomic mass is 9.88. The summed E-state index contributed by atoms with van der Waals surface area (Å²) in [5.74, 6) is 0. The first kappa shape index (κ1) is 10.4. The Morgan fingerprint density at radius 1 is 1.36 bits per heavy atom. The molecule has 3 heteroatoms. The SMILES string of the molecule is CNCCC1(O)CCN(C2CC2)CC1. The van der Waals surface area contributed by atoms with Gasteiger partial charge in [-0.15, -0.1) is 0 Å². The monoisotopic (exact) mass is 198 g/mol. The number of hydrogen-bond acceptors (Lipinski definition) is 3. The fourth-order valence-corrected chi connectivity index (χ4v) is 2.35. The molecule has 0 aromatic rings. The van der Waals surface area contributed by atoms with Gasteiger partial charge >= 0.3 is 0 Å². The van der Waals surface area contributed by atoms with Crippen molar-refractivity contribution in [2.75, 3.05) is 26.7 Å². The Labute approximate surface area is 86.5 Å². The number of rotatable bonds is 4. The van der Waals surface area contributed by atoms with Crippen molar-refractivity contribution in [1.82, 2.24) is 10.2 Å². The van der Waals surface area contributed by atoms with Crippen molar-refractivity contribution in [1.29, 1.82) is 0 Å². The molecular weight excluding hydrogens is 176 g/mol. The molecule has 0 spiro atoms. The predicted molar refractivity (Wildman–Crippen MR) is 57.3 cm³/mol. The first-order valence-electron chi connectivity index (χ1n) is 5.84. The molecule has 1 aliphatic heterocycles. The van der Waals surface area contributed by atoms with Gasteiger partial charge in [-0.25, -0.2) is 0 Å². The Balaban J connectivity index is 1.75. The molecule has 0 atom stereocenters. The molecule has 0 aromatic heterocycles. The molecule has 1 heterocycles. The van der Waals surface area contributed by atoms with Crippen molar-refractivity contribution in [2.45, 2.75) is 43.7 Å². The lowest BCUT2D eigenvalue weighted by molar-refractivity contribution is -0.0284. The van der Waals surface area contributed by atoms with Crippen molar-refractivity contribution < 1.29 is 5.11 Å². The summed E-state index contributed by atoms with van der Waals surface area (Å²) in [7, 11) is 1.95. The summed E-state index contributed by atoms with van der Waals surface area (Å²) in [5, 5.41) is 13.4. The van der Waals surface area contributed by atoms with E-state index in [0.717, 1.165) is 44.9 Å². The first-order valence-corrected chi connectivity index (χ1v) is 5.84. The average Bonchev–Trinajstić information content (AvgIpc) is 3.00. The van der Waals surface area contributed by atoms with Gasteiger partial charge in [0.2, 0.25) is 0 Å². The van der Waals surface area contributed by atoms with Gasteiger partial charge < -0.3 is 15.3 Å². The van der Waals surface area contributed by atoms with Crippen LogP contribution < -0.4 is 5.32 Å². The number of hydrogen-bond donors (Lipinski definition) is 2. The zero-order valence-electron chi connectivity index (χ0n) is 9.13. The van der Waals surface area contributed by atoms with E-state index < -0.39 is 0 Å². The molecule has 82 valence electrons. The standard InChI is InChI=1S/C11H22N2O/c1-12-7-4-11(14)5-8-13(9-6-11)10-2-3-10/h10,12,14H,2-9H2,1H3. The zero-order chi connectivity index (χ0) is 10.0. The third-order valence-electron chi connectivity index (χ3n) is 3.63. The second-order valence-electron chi connectivity index (χ2n) is 4.85. The lowest BCUT2D eigenvalue weighted by Crippen LogP contribution is -2.46. The van der Waals surface area contributed by atoms with E-state index in [0.29, 0.717) is 0 Å². The third kappa shape index (κ3) is 2.47. The Hall–Kier alpha value is -0.120. The van der Waals surface area contributed by atoms with E-state index in [1.54, 1.807) is 0 Å². The molecular formula is C11H22N2O. The minimum Gasteiger partial charge on any atom is -0.390 e. The van der Waals surface area contributed by atoms with Crippen LogP contribution in [0.2, 0.25) is 0 Å². The van der Waals surface area contributed by atoms with Crippen molar-refractivity contribution in [2.24, 2.45) is 0 Å². The second kappa shape index (κ2) is 4.17. The molecule has 14 heavy (non-hydrogen) atoms. The van der Waals surface area contributed by atoms with Gasteiger partial charge in [0.1, 0.15) is 0 Å². The van der Waals surface area contributed by atoms with E-state index in [2.05, 4.69) is 10.2 Å². The third-order valence-corrected chi connectivity index (χ3v) is 3.63. The summed E-state index contributed by atoms with van der Waals surface area (Å²) < 4.78 is 0. The summed E-state index contributed by atoms with van der Waals surface area (Å²) in [5.41, 5.74) is -0.381. The van der Waals surface area contributed by atoms with E-state index in [4.69, 9.17) is 0 Å². The van der Waals surface area contributed by atoms with Crippen LogP contribution in [0.1, 0.15) is 32.1 Å². The number of piperidine rings is 1. The number of nitrogens with zero attached hydrogens (tertiary/aromatic N) is 1. The highest BCUT2D eigenvalue weighted by molar-refractivity contribution is 4.92. The molecule has 1 aliphatic carbocycles. The molecule has 0 aromatic carbocycles. The van der Waals surface area contributed by atoms with Gasteiger partial charge in [-0.1, -0.05) is 0 Å². The topological polar surface area (TPSA) is 35.5 Å². The van der Waals surface area contributed by atoms with E-state index in [1.807, 2.05) is 7.05 Å². The fourth-order valence-electron chi connectivity index (χ4n) is 2.35. The Bertz CT molecular complexity index is 184. The molecule has 2 fully saturated rings. The van der Waals surface area contributed by atoms with Crippen LogP contribution in [-0.2, 0) is 0 Å². The van der Waals surface area contributed by atoms with Crippen molar-refractivity contribution >= 4 is 0 Å². The largest absolute Gasteiger partial charge is 0.390 e. The highest BCUT2D eigenvalue weighted by atomic mass is 16.3. The predicted octanol–water partition coefficient (Wildman–Crippen LogP) is 0.585. The minimum absolute atomic E-state index is 0.381.